The van der Waals surface area contributed by atoms with Gasteiger partial charge in [0.05, 0.1) is 0 Å². The number of carbonyl (C=O) groups excluding carboxylic acids is 1. The van der Waals surface area contributed by atoms with Crippen LogP contribution < -0.4 is 10.6 Å². The summed E-state index contributed by atoms with van der Waals surface area (Å²) in [6, 6.07) is 0.0869. The first kappa shape index (κ1) is 23.7. The van der Waals surface area contributed by atoms with Crippen LogP contribution in [0.4, 0.5) is 4.79 Å². The molecule has 0 aromatic carbocycles. The molecule has 1 aromatic heterocycles. The standard InChI is InChI=1S/C19H37N7O2/c1-8-16-24-23-14-25(16)13-11-22-17(20-7)21-10-9-12-26(15(2)3)18(27)28-19(4,5)6/h14-15H,8-13H2,1-7H3,(H2,20,21,22). The zero-order chi connectivity index (χ0) is 21.2. The van der Waals surface area contributed by atoms with E-state index in [4.69, 9.17) is 4.74 Å². The van der Waals surface area contributed by atoms with Crippen molar-refractivity contribution in [1.29, 1.82) is 0 Å². The predicted octanol–water partition coefficient (Wildman–Crippen LogP) is 2.04. The molecule has 0 aliphatic rings. The van der Waals surface area contributed by atoms with E-state index in [1.165, 1.54) is 0 Å². The topological polar surface area (TPSA) is 96.7 Å². The van der Waals surface area contributed by atoms with E-state index in [0.717, 1.165) is 37.7 Å². The molecule has 2 N–H and O–H groups in total. The van der Waals surface area contributed by atoms with E-state index in [2.05, 4.69) is 32.7 Å². The van der Waals surface area contributed by atoms with Crippen LogP contribution in [0.2, 0.25) is 0 Å². The Morgan fingerprint density at radius 3 is 2.57 bits per heavy atom. The van der Waals surface area contributed by atoms with Gasteiger partial charge in [-0.2, -0.15) is 0 Å². The van der Waals surface area contributed by atoms with Crippen LogP contribution in [0.5, 0.6) is 0 Å². The first-order chi connectivity index (χ1) is 13.2. The predicted molar refractivity (Wildman–Crippen MR) is 111 cm³/mol. The number of carbonyl (C=O) groups is 1. The lowest BCUT2D eigenvalue weighted by Crippen LogP contribution is -2.43. The first-order valence-electron chi connectivity index (χ1n) is 9.98. The van der Waals surface area contributed by atoms with Crippen molar-refractivity contribution in [3.8, 4) is 0 Å². The maximum Gasteiger partial charge on any atom is 0.410 e. The molecule has 1 aromatic rings. The number of hydrogen-bond acceptors (Lipinski definition) is 5. The summed E-state index contributed by atoms with van der Waals surface area (Å²) in [5.41, 5.74) is -0.489. The number of amides is 1. The number of hydrogen-bond donors (Lipinski definition) is 2. The van der Waals surface area contributed by atoms with Crippen LogP contribution in [-0.4, -0.2) is 70.0 Å². The molecule has 160 valence electrons. The number of ether oxygens (including phenoxy) is 1. The Hall–Kier alpha value is -2.32. The summed E-state index contributed by atoms with van der Waals surface area (Å²) in [6.45, 7) is 14.5. The molecule has 0 unspecified atom stereocenters. The van der Waals surface area contributed by atoms with Crippen molar-refractivity contribution in [2.75, 3.05) is 26.7 Å². The van der Waals surface area contributed by atoms with Crippen LogP contribution in [0.25, 0.3) is 0 Å². The molecule has 1 heterocycles. The molecule has 0 bridgehead atoms. The smallest absolute Gasteiger partial charge is 0.410 e. The Morgan fingerprint density at radius 1 is 1.32 bits per heavy atom. The van der Waals surface area contributed by atoms with E-state index in [-0.39, 0.29) is 12.1 Å². The van der Waals surface area contributed by atoms with Gasteiger partial charge in [0.15, 0.2) is 5.96 Å². The van der Waals surface area contributed by atoms with Crippen LogP contribution in [0.1, 0.15) is 53.8 Å². The average Bonchev–Trinajstić information content (AvgIpc) is 3.05. The van der Waals surface area contributed by atoms with Crippen LogP contribution in [0.15, 0.2) is 11.3 Å². The molecule has 1 rings (SSSR count). The van der Waals surface area contributed by atoms with Crippen molar-refractivity contribution in [3.63, 3.8) is 0 Å². The Bertz CT molecular complexity index is 620. The largest absolute Gasteiger partial charge is 0.444 e. The number of aryl methyl sites for hydroxylation is 1. The summed E-state index contributed by atoms with van der Waals surface area (Å²) in [7, 11) is 1.74. The van der Waals surface area contributed by atoms with Crippen LogP contribution in [0.3, 0.4) is 0 Å². The lowest BCUT2D eigenvalue weighted by Gasteiger charge is -2.30. The van der Waals surface area contributed by atoms with Gasteiger partial charge in [0.1, 0.15) is 17.8 Å². The Balaban J connectivity index is 2.35. The Labute approximate surface area is 168 Å². The quantitative estimate of drug-likeness (QED) is 0.377. The maximum atomic E-state index is 12.3. The highest BCUT2D eigenvalue weighted by Crippen LogP contribution is 2.12. The number of rotatable bonds is 9. The monoisotopic (exact) mass is 395 g/mol. The van der Waals surface area contributed by atoms with Crippen molar-refractivity contribution < 1.29 is 9.53 Å². The van der Waals surface area contributed by atoms with Gasteiger partial charge in [0.2, 0.25) is 0 Å². The van der Waals surface area contributed by atoms with Crippen molar-refractivity contribution >= 4 is 12.1 Å². The fourth-order valence-electron chi connectivity index (χ4n) is 2.59. The average molecular weight is 396 g/mol. The molecular weight excluding hydrogens is 358 g/mol. The van der Waals surface area contributed by atoms with Crippen LogP contribution >= 0.6 is 0 Å². The molecule has 0 aliphatic carbocycles. The summed E-state index contributed by atoms with van der Waals surface area (Å²) in [6.07, 6.45) is 3.12. The van der Waals surface area contributed by atoms with Gasteiger partial charge < -0.3 is 24.8 Å². The van der Waals surface area contributed by atoms with Gasteiger partial charge in [0.25, 0.3) is 0 Å². The number of aromatic nitrogens is 3. The number of nitrogens with one attached hydrogen (secondary N) is 2. The van der Waals surface area contributed by atoms with E-state index in [9.17, 15) is 4.79 Å². The molecule has 0 fully saturated rings. The fraction of sp³-hybridized carbons (Fsp3) is 0.789. The molecule has 28 heavy (non-hydrogen) atoms. The summed E-state index contributed by atoms with van der Waals surface area (Å²) >= 11 is 0. The first-order valence-corrected chi connectivity index (χ1v) is 9.98. The molecule has 0 aliphatic heterocycles. The highest BCUT2D eigenvalue weighted by atomic mass is 16.6. The van der Waals surface area contributed by atoms with Gasteiger partial charge in [-0.15, -0.1) is 10.2 Å². The minimum absolute atomic E-state index is 0.0869. The van der Waals surface area contributed by atoms with Gasteiger partial charge >= 0.3 is 6.09 Å². The summed E-state index contributed by atoms with van der Waals surface area (Å²) in [4.78, 5) is 18.3. The number of aliphatic imine (C=N–C) groups is 1. The van der Waals surface area contributed by atoms with E-state index >= 15 is 0 Å². The molecule has 9 nitrogen and oxygen atoms in total. The number of nitrogens with zero attached hydrogens (tertiary/aromatic N) is 5. The van der Waals surface area contributed by atoms with E-state index in [0.29, 0.717) is 13.1 Å². The van der Waals surface area contributed by atoms with Crippen molar-refractivity contribution in [1.82, 2.24) is 30.3 Å². The Morgan fingerprint density at radius 2 is 2.00 bits per heavy atom. The van der Waals surface area contributed by atoms with Crippen LogP contribution in [-0.2, 0) is 17.7 Å². The van der Waals surface area contributed by atoms with Gasteiger partial charge in [-0.3, -0.25) is 4.99 Å². The van der Waals surface area contributed by atoms with Crippen molar-refractivity contribution in [2.24, 2.45) is 4.99 Å². The normalized spacial score (nSPS) is 12.2. The fourth-order valence-corrected chi connectivity index (χ4v) is 2.59. The molecule has 0 radical (unpaired) electrons. The lowest BCUT2D eigenvalue weighted by molar-refractivity contribution is 0.0190. The Kier molecular flexibility index (Phi) is 9.75. The summed E-state index contributed by atoms with van der Waals surface area (Å²) < 4.78 is 7.52. The third-order valence-electron chi connectivity index (χ3n) is 4.00. The highest BCUT2D eigenvalue weighted by molar-refractivity contribution is 5.79. The second kappa shape index (κ2) is 11.5. The van der Waals surface area contributed by atoms with Gasteiger partial charge in [0, 0.05) is 45.7 Å². The second-order valence-electron chi connectivity index (χ2n) is 7.84. The lowest BCUT2D eigenvalue weighted by atomic mass is 10.2. The van der Waals surface area contributed by atoms with Crippen molar-refractivity contribution in [3.05, 3.63) is 12.2 Å². The van der Waals surface area contributed by atoms with E-state index < -0.39 is 5.60 Å². The molecule has 1 amide bonds. The van der Waals surface area contributed by atoms with Gasteiger partial charge in [-0.1, -0.05) is 6.92 Å². The molecule has 0 saturated heterocycles. The molecule has 0 atom stereocenters. The molecule has 0 spiro atoms. The summed E-state index contributed by atoms with van der Waals surface area (Å²) in [5.74, 6) is 1.71. The zero-order valence-corrected chi connectivity index (χ0v) is 18.4. The molecular formula is C19H37N7O2. The van der Waals surface area contributed by atoms with Crippen LogP contribution in [0, 0.1) is 0 Å². The number of guanidine groups is 1. The molecule has 9 heteroatoms. The minimum Gasteiger partial charge on any atom is -0.444 e. The minimum atomic E-state index is -0.489. The zero-order valence-electron chi connectivity index (χ0n) is 18.4. The SMILES string of the molecule is CCc1nncn1CCNC(=NC)NCCCN(C(=O)OC(C)(C)C)C(C)C. The van der Waals surface area contributed by atoms with E-state index in [1.807, 2.05) is 39.2 Å². The second-order valence-corrected chi connectivity index (χ2v) is 7.84. The van der Waals surface area contributed by atoms with Gasteiger partial charge in [-0.25, -0.2) is 4.79 Å². The highest BCUT2D eigenvalue weighted by Gasteiger charge is 2.23. The van der Waals surface area contributed by atoms with E-state index in [1.54, 1.807) is 18.3 Å². The summed E-state index contributed by atoms with van der Waals surface area (Å²) in [5, 5.41) is 14.6. The van der Waals surface area contributed by atoms with Gasteiger partial charge in [-0.05, 0) is 41.0 Å². The molecule has 0 saturated carbocycles. The third-order valence-corrected chi connectivity index (χ3v) is 4.00. The maximum absolute atomic E-state index is 12.3. The van der Waals surface area contributed by atoms with Crippen molar-refractivity contribution in [2.45, 2.75) is 72.6 Å². The third kappa shape index (κ3) is 8.58.